The topological polar surface area (TPSA) is 31.2 Å². The molecule has 0 radical (unpaired) electrons. The Hall–Kier alpha value is -1.29. The van der Waals surface area contributed by atoms with Gasteiger partial charge in [-0.2, -0.15) is 0 Å². The van der Waals surface area contributed by atoms with E-state index in [1.54, 1.807) is 0 Å². The van der Waals surface area contributed by atoms with Crippen molar-refractivity contribution in [1.29, 1.82) is 0 Å². The molecule has 1 aliphatic heterocycles. The zero-order valence-electron chi connectivity index (χ0n) is 9.50. The van der Waals surface area contributed by atoms with Crippen molar-refractivity contribution in [2.24, 2.45) is 0 Å². The molecule has 88 valence electrons. The van der Waals surface area contributed by atoms with Crippen LogP contribution < -0.4 is 0 Å². The van der Waals surface area contributed by atoms with E-state index in [4.69, 9.17) is 4.74 Å². The maximum atomic E-state index is 11.7. The van der Waals surface area contributed by atoms with E-state index in [2.05, 4.69) is 26.6 Å². The molecule has 2 heterocycles. The molecule has 1 aromatic heterocycles. The smallest absolute Gasteiger partial charge is 0.340 e. The molecule has 1 aliphatic rings. The van der Waals surface area contributed by atoms with Crippen LogP contribution in [0.4, 0.5) is 0 Å². The second-order valence-electron chi connectivity index (χ2n) is 4.29. The number of rotatable bonds is 1. The molecule has 0 bridgehead atoms. The van der Waals surface area contributed by atoms with Crippen LogP contribution >= 0.6 is 15.9 Å². The predicted octanol–water partition coefficient (Wildman–Crippen LogP) is 3.14. The van der Waals surface area contributed by atoms with Gasteiger partial charge < -0.3 is 9.30 Å². The highest BCUT2D eigenvalue weighted by atomic mass is 79.9. The molecule has 0 atom stereocenters. The number of hydrogen-bond donors (Lipinski definition) is 0. The predicted molar refractivity (Wildman–Crippen MR) is 69.3 cm³/mol. The molecule has 0 unspecified atom stereocenters. The van der Waals surface area contributed by atoms with E-state index in [1.807, 2.05) is 12.3 Å². The number of nitrogens with zero attached hydrogens (tertiary/aromatic N) is 1. The Morgan fingerprint density at radius 2 is 2.29 bits per heavy atom. The van der Waals surface area contributed by atoms with Crippen molar-refractivity contribution in [1.82, 2.24) is 4.57 Å². The quantitative estimate of drug-likeness (QED) is 0.757. The fourth-order valence-corrected chi connectivity index (χ4v) is 3.07. The van der Waals surface area contributed by atoms with Crippen molar-refractivity contribution in [3.05, 3.63) is 33.9 Å². The maximum Gasteiger partial charge on any atom is 0.340 e. The van der Waals surface area contributed by atoms with Gasteiger partial charge in [-0.05, 0) is 30.5 Å². The van der Waals surface area contributed by atoms with Crippen LogP contribution in [0.5, 0.6) is 0 Å². The summed E-state index contributed by atoms with van der Waals surface area (Å²) in [4.78, 5) is 11.7. The molecule has 4 heteroatoms. The van der Waals surface area contributed by atoms with Gasteiger partial charge in [-0.25, -0.2) is 4.79 Å². The van der Waals surface area contributed by atoms with E-state index in [0.717, 1.165) is 29.2 Å². The first-order valence-electron chi connectivity index (χ1n) is 5.60. The van der Waals surface area contributed by atoms with Crippen LogP contribution in [0.3, 0.4) is 0 Å². The molecule has 2 aromatic rings. The molecule has 0 aliphatic carbocycles. The van der Waals surface area contributed by atoms with Crippen molar-refractivity contribution < 1.29 is 9.53 Å². The van der Waals surface area contributed by atoms with Crippen LogP contribution in [-0.4, -0.2) is 17.6 Å². The summed E-state index contributed by atoms with van der Waals surface area (Å²) in [5.41, 5.74) is 3.14. The van der Waals surface area contributed by atoms with Gasteiger partial charge in [0.15, 0.2) is 0 Å². The molecule has 0 fully saturated rings. The van der Waals surface area contributed by atoms with Crippen molar-refractivity contribution >= 4 is 32.8 Å². The van der Waals surface area contributed by atoms with Gasteiger partial charge in [0, 0.05) is 22.6 Å². The molecular weight excluding hydrogens is 282 g/mol. The number of carbonyl (C=O) groups excluding carboxylic acids is 1. The molecule has 3 nitrogen and oxygen atoms in total. The van der Waals surface area contributed by atoms with Gasteiger partial charge in [0.2, 0.25) is 0 Å². The lowest BCUT2D eigenvalue weighted by Crippen LogP contribution is -2.06. The fourth-order valence-electron chi connectivity index (χ4n) is 2.57. The number of ether oxygens (including phenoxy) is 1. The highest BCUT2D eigenvalue weighted by Crippen LogP contribution is 2.32. The summed E-state index contributed by atoms with van der Waals surface area (Å²) in [7, 11) is 1.42. The van der Waals surface area contributed by atoms with E-state index in [9.17, 15) is 4.79 Å². The first-order chi connectivity index (χ1) is 8.20. The lowest BCUT2D eigenvalue weighted by atomic mass is 10.0. The van der Waals surface area contributed by atoms with E-state index in [-0.39, 0.29) is 5.97 Å². The lowest BCUT2D eigenvalue weighted by Gasteiger charge is -2.15. The zero-order chi connectivity index (χ0) is 12.0. The molecule has 0 spiro atoms. The second-order valence-corrected chi connectivity index (χ2v) is 5.21. The monoisotopic (exact) mass is 293 g/mol. The molecular formula is C13H12BrNO2. The zero-order valence-corrected chi connectivity index (χ0v) is 11.1. The Balaban J connectivity index is 2.37. The van der Waals surface area contributed by atoms with Crippen molar-refractivity contribution in [3.8, 4) is 0 Å². The lowest BCUT2D eigenvalue weighted by molar-refractivity contribution is 0.0602. The molecule has 17 heavy (non-hydrogen) atoms. The Kier molecular flexibility index (Phi) is 2.47. The number of aromatic nitrogens is 1. The highest BCUT2D eigenvalue weighted by molar-refractivity contribution is 9.10. The average molecular weight is 294 g/mol. The molecule has 0 N–H and O–H groups in total. The van der Waals surface area contributed by atoms with Gasteiger partial charge in [0.1, 0.15) is 0 Å². The summed E-state index contributed by atoms with van der Waals surface area (Å²) in [6, 6.07) is 4.13. The third-order valence-electron chi connectivity index (χ3n) is 3.27. The molecule has 0 saturated carbocycles. The molecule has 1 aromatic carbocycles. The number of halogens is 1. The first kappa shape index (κ1) is 10.8. The van der Waals surface area contributed by atoms with Gasteiger partial charge in [0.05, 0.1) is 18.2 Å². The average Bonchev–Trinajstić information content (AvgIpc) is 2.69. The van der Waals surface area contributed by atoms with Gasteiger partial charge in [-0.15, -0.1) is 0 Å². The van der Waals surface area contributed by atoms with Gasteiger partial charge in [-0.3, -0.25) is 0 Å². The Morgan fingerprint density at radius 1 is 1.47 bits per heavy atom. The van der Waals surface area contributed by atoms with Crippen LogP contribution in [0.25, 0.3) is 10.9 Å². The molecule has 3 rings (SSSR count). The minimum absolute atomic E-state index is 0.264. The Bertz CT molecular complexity index is 615. The SMILES string of the molecule is COC(=O)c1cn2c3c(cc(Br)cc13)CCC2. The summed E-state index contributed by atoms with van der Waals surface area (Å²) in [6.07, 6.45) is 4.10. The molecule has 0 saturated heterocycles. The summed E-state index contributed by atoms with van der Waals surface area (Å²) in [5, 5.41) is 0.987. The van der Waals surface area contributed by atoms with E-state index in [1.165, 1.54) is 18.2 Å². The van der Waals surface area contributed by atoms with Crippen LogP contribution in [0.1, 0.15) is 22.3 Å². The number of benzene rings is 1. The summed E-state index contributed by atoms with van der Waals surface area (Å²) in [6.45, 7) is 0.974. The van der Waals surface area contributed by atoms with E-state index >= 15 is 0 Å². The fraction of sp³-hybridized carbons (Fsp3) is 0.308. The standard InChI is InChI=1S/C13H12BrNO2/c1-17-13(16)11-7-15-4-2-3-8-5-9(14)6-10(11)12(8)15/h5-7H,2-4H2,1H3. The van der Waals surface area contributed by atoms with E-state index < -0.39 is 0 Å². The summed E-state index contributed by atoms with van der Waals surface area (Å²) >= 11 is 3.50. The number of esters is 1. The maximum absolute atomic E-state index is 11.7. The minimum atomic E-state index is -0.264. The number of aryl methyl sites for hydroxylation is 2. The first-order valence-corrected chi connectivity index (χ1v) is 6.39. The van der Waals surface area contributed by atoms with Crippen molar-refractivity contribution in [2.75, 3.05) is 7.11 Å². The molecule has 0 amide bonds. The number of hydrogen-bond acceptors (Lipinski definition) is 2. The summed E-state index contributed by atoms with van der Waals surface area (Å²) in [5.74, 6) is -0.264. The normalized spacial score (nSPS) is 14.0. The Labute approximate surface area is 107 Å². The largest absolute Gasteiger partial charge is 0.465 e. The van der Waals surface area contributed by atoms with Gasteiger partial charge in [0.25, 0.3) is 0 Å². The van der Waals surface area contributed by atoms with E-state index in [0.29, 0.717) is 5.56 Å². The second kappa shape index (κ2) is 3.88. The summed E-state index contributed by atoms with van der Waals surface area (Å²) < 4.78 is 8.01. The van der Waals surface area contributed by atoms with Crippen molar-refractivity contribution in [3.63, 3.8) is 0 Å². The van der Waals surface area contributed by atoms with Crippen LogP contribution in [0, 0.1) is 0 Å². The van der Waals surface area contributed by atoms with Crippen LogP contribution in [0.15, 0.2) is 22.8 Å². The third-order valence-corrected chi connectivity index (χ3v) is 3.72. The van der Waals surface area contributed by atoms with Gasteiger partial charge in [-0.1, -0.05) is 15.9 Å². The number of carbonyl (C=O) groups is 1. The highest BCUT2D eigenvalue weighted by Gasteiger charge is 2.20. The minimum Gasteiger partial charge on any atom is -0.465 e. The van der Waals surface area contributed by atoms with Crippen LogP contribution in [0.2, 0.25) is 0 Å². The van der Waals surface area contributed by atoms with Gasteiger partial charge >= 0.3 is 5.97 Å². The third kappa shape index (κ3) is 1.59. The van der Waals surface area contributed by atoms with Crippen molar-refractivity contribution in [2.45, 2.75) is 19.4 Å². The number of methoxy groups -OCH3 is 1. The Morgan fingerprint density at radius 3 is 3.06 bits per heavy atom. The van der Waals surface area contributed by atoms with Crippen LogP contribution in [-0.2, 0) is 17.7 Å².